The molecule has 0 aromatic heterocycles. The monoisotopic (exact) mass is 440 g/mol. The minimum Gasteiger partial charge on any atom is -0.497 e. The molecule has 2 aromatic carbocycles. The first-order valence-electron chi connectivity index (χ1n) is 10.1. The number of carbonyl (C=O) groups is 3. The summed E-state index contributed by atoms with van der Waals surface area (Å²) in [6.45, 7) is 0.590. The number of imide groups is 1. The predicted molar refractivity (Wildman–Crippen MR) is 117 cm³/mol. The minimum absolute atomic E-state index is 0.0809. The fourth-order valence-corrected chi connectivity index (χ4v) is 4.35. The van der Waals surface area contributed by atoms with Gasteiger partial charge >= 0.3 is 0 Å². The number of ether oxygens (including phenoxy) is 2. The molecule has 1 heterocycles. The van der Waals surface area contributed by atoms with Crippen molar-refractivity contribution in [1.82, 2.24) is 9.80 Å². The Labute approximate surface area is 185 Å². The zero-order valence-electron chi connectivity index (χ0n) is 17.5. The number of nitrogens with zero attached hydrogens (tertiary/aromatic N) is 2. The van der Waals surface area contributed by atoms with E-state index in [1.807, 2.05) is 29.2 Å². The Morgan fingerprint density at radius 3 is 2.58 bits per heavy atom. The first-order chi connectivity index (χ1) is 15.0. The summed E-state index contributed by atoms with van der Waals surface area (Å²) in [4.78, 5) is 40.3. The molecule has 0 radical (unpaired) electrons. The van der Waals surface area contributed by atoms with Crippen molar-refractivity contribution in [2.45, 2.75) is 32.0 Å². The zero-order chi connectivity index (χ0) is 22.0. The standard InChI is InChI=1S/C23H24N2O5S/c1-29-19-8-9-20(30-2)17(11-19)13-24(18-6-7-18)22(27)16-5-3-4-15(10-16)12-25-21(26)14-31-23(25)28/h3-5,8-11,18H,6-7,12-14H2,1-2H3. The second-order valence-electron chi connectivity index (χ2n) is 7.58. The highest BCUT2D eigenvalue weighted by molar-refractivity contribution is 8.14. The fraction of sp³-hybridized carbons (Fsp3) is 0.348. The van der Waals surface area contributed by atoms with Crippen molar-refractivity contribution in [2.75, 3.05) is 20.0 Å². The van der Waals surface area contributed by atoms with Crippen LogP contribution in [0.25, 0.3) is 0 Å². The van der Waals surface area contributed by atoms with Crippen LogP contribution in [0.4, 0.5) is 4.79 Å². The number of benzene rings is 2. The van der Waals surface area contributed by atoms with Gasteiger partial charge in [-0.15, -0.1) is 0 Å². The van der Waals surface area contributed by atoms with Gasteiger partial charge in [-0.3, -0.25) is 19.3 Å². The highest BCUT2D eigenvalue weighted by atomic mass is 32.2. The number of methoxy groups -OCH3 is 2. The third kappa shape index (κ3) is 4.69. The first-order valence-corrected chi connectivity index (χ1v) is 11.1. The van der Waals surface area contributed by atoms with E-state index in [0.717, 1.165) is 35.7 Å². The Balaban J connectivity index is 1.56. The smallest absolute Gasteiger partial charge is 0.289 e. The molecule has 1 aliphatic carbocycles. The number of thioether (sulfide) groups is 1. The summed E-state index contributed by atoms with van der Waals surface area (Å²) in [5.41, 5.74) is 2.17. The molecule has 4 rings (SSSR count). The molecule has 31 heavy (non-hydrogen) atoms. The van der Waals surface area contributed by atoms with Crippen LogP contribution in [0.15, 0.2) is 42.5 Å². The lowest BCUT2D eigenvalue weighted by Crippen LogP contribution is -2.33. The molecule has 2 aliphatic rings. The lowest BCUT2D eigenvalue weighted by atomic mass is 10.1. The van der Waals surface area contributed by atoms with Gasteiger partial charge in [-0.05, 0) is 48.7 Å². The topological polar surface area (TPSA) is 76.2 Å². The number of carbonyl (C=O) groups excluding carboxylic acids is 3. The van der Waals surface area contributed by atoms with E-state index < -0.39 is 0 Å². The molecular formula is C23H24N2O5S. The zero-order valence-corrected chi connectivity index (χ0v) is 18.3. The average molecular weight is 441 g/mol. The lowest BCUT2D eigenvalue weighted by Gasteiger charge is -2.24. The summed E-state index contributed by atoms with van der Waals surface area (Å²) in [5, 5.41) is -0.244. The average Bonchev–Trinajstić information content (AvgIpc) is 3.59. The molecule has 1 saturated carbocycles. The Hall–Kier alpha value is -3.00. The van der Waals surface area contributed by atoms with E-state index in [0.29, 0.717) is 23.6 Å². The molecule has 162 valence electrons. The highest BCUT2D eigenvalue weighted by Gasteiger charge is 2.34. The van der Waals surface area contributed by atoms with Gasteiger partial charge < -0.3 is 14.4 Å². The van der Waals surface area contributed by atoms with Crippen LogP contribution in [0.3, 0.4) is 0 Å². The second-order valence-corrected chi connectivity index (χ2v) is 8.50. The summed E-state index contributed by atoms with van der Waals surface area (Å²) in [6.07, 6.45) is 1.93. The maximum absolute atomic E-state index is 13.4. The third-order valence-electron chi connectivity index (χ3n) is 5.43. The normalized spacial score (nSPS) is 15.9. The summed E-state index contributed by atoms with van der Waals surface area (Å²) in [5.74, 6) is 1.31. The largest absolute Gasteiger partial charge is 0.497 e. The van der Waals surface area contributed by atoms with Crippen LogP contribution in [0, 0.1) is 0 Å². The van der Waals surface area contributed by atoms with Crippen molar-refractivity contribution >= 4 is 28.8 Å². The molecule has 2 fully saturated rings. The van der Waals surface area contributed by atoms with E-state index in [2.05, 4.69) is 0 Å². The summed E-state index contributed by atoms with van der Waals surface area (Å²) >= 11 is 1.01. The first kappa shape index (κ1) is 21.2. The van der Waals surface area contributed by atoms with Crippen molar-refractivity contribution in [2.24, 2.45) is 0 Å². The van der Waals surface area contributed by atoms with Crippen molar-refractivity contribution in [1.29, 1.82) is 0 Å². The van der Waals surface area contributed by atoms with Crippen LogP contribution in [0.2, 0.25) is 0 Å². The van der Waals surface area contributed by atoms with E-state index in [4.69, 9.17) is 9.47 Å². The third-order valence-corrected chi connectivity index (χ3v) is 6.29. The van der Waals surface area contributed by atoms with Crippen molar-refractivity contribution in [3.63, 3.8) is 0 Å². The van der Waals surface area contributed by atoms with Crippen LogP contribution in [-0.2, 0) is 17.9 Å². The van der Waals surface area contributed by atoms with E-state index in [9.17, 15) is 14.4 Å². The number of rotatable bonds is 8. The highest BCUT2D eigenvalue weighted by Crippen LogP contribution is 2.33. The van der Waals surface area contributed by atoms with Gasteiger partial charge in [-0.1, -0.05) is 23.9 Å². The van der Waals surface area contributed by atoms with Gasteiger partial charge in [0.1, 0.15) is 11.5 Å². The molecule has 0 bridgehead atoms. The molecular weight excluding hydrogens is 416 g/mol. The van der Waals surface area contributed by atoms with Crippen molar-refractivity contribution in [3.8, 4) is 11.5 Å². The van der Waals surface area contributed by atoms with Gasteiger partial charge in [0.05, 0.1) is 33.1 Å². The second kappa shape index (κ2) is 9.01. The number of hydrogen-bond acceptors (Lipinski definition) is 6. The molecule has 0 atom stereocenters. The Kier molecular flexibility index (Phi) is 6.18. The van der Waals surface area contributed by atoms with Gasteiger partial charge in [0, 0.05) is 17.2 Å². The van der Waals surface area contributed by atoms with Gasteiger partial charge in [0.15, 0.2) is 0 Å². The lowest BCUT2D eigenvalue weighted by molar-refractivity contribution is -0.125. The van der Waals surface area contributed by atoms with Gasteiger partial charge in [-0.2, -0.15) is 0 Å². The summed E-state index contributed by atoms with van der Waals surface area (Å²) in [7, 11) is 3.21. The molecule has 7 nitrogen and oxygen atoms in total. The van der Waals surface area contributed by atoms with Crippen LogP contribution >= 0.6 is 11.8 Å². The molecule has 8 heteroatoms. The fourth-order valence-electron chi connectivity index (χ4n) is 3.63. The van der Waals surface area contributed by atoms with Crippen LogP contribution in [-0.4, -0.2) is 52.9 Å². The van der Waals surface area contributed by atoms with Crippen molar-refractivity contribution in [3.05, 3.63) is 59.2 Å². The summed E-state index contributed by atoms with van der Waals surface area (Å²) < 4.78 is 10.8. The number of hydrogen-bond donors (Lipinski definition) is 0. The number of amides is 3. The predicted octanol–water partition coefficient (Wildman–Crippen LogP) is 3.70. The SMILES string of the molecule is COc1ccc(OC)c(CN(C(=O)c2cccc(CN3C(=O)CSC3=O)c2)C2CC2)c1. The Morgan fingerprint density at radius 1 is 1.13 bits per heavy atom. The van der Waals surface area contributed by atoms with Gasteiger partial charge in [0.2, 0.25) is 5.91 Å². The molecule has 0 N–H and O–H groups in total. The Morgan fingerprint density at radius 2 is 1.94 bits per heavy atom. The Bertz CT molecular complexity index is 1000. The van der Waals surface area contributed by atoms with Crippen LogP contribution in [0.5, 0.6) is 11.5 Å². The quantitative estimate of drug-likeness (QED) is 0.623. The molecule has 0 unspecified atom stereocenters. The molecule has 3 amide bonds. The maximum Gasteiger partial charge on any atom is 0.289 e. The molecule has 0 spiro atoms. The van der Waals surface area contributed by atoms with Crippen LogP contribution in [0.1, 0.15) is 34.3 Å². The van der Waals surface area contributed by atoms with Crippen LogP contribution < -0.4 is 9.47 Å². The van der Waals surface area contributed by atoms with E-state index >= 15 is 0 Å². The van der Waals surface area contributed by atoms with Crippen molar-refractivity contribution < 1.29 is 23.9 Å². The van der Waals surface area contributed by atoms with Gasteiger partial charge in [0.25, 0.3) is 11.1 Å². The molecule has 2 aromatic rings. The summed E-state index contributed by atoms with van der Waals surface area (Å²) in [6, 6.07) is 12.9. The van der Waals surface area contributed by atoms with Gasteiger partial charge in [-0.25, -0.2) is 0 Å². The van der Waals surface area contributed by atoms with E-state index in [1.165, 1.54) is 4.90 Å². The molecule has 1 saturated heterocycles. The molecule has 1 aliphatic heterocycles. The van der Waals surface area contributed by atoms with E-state index in [-0.39, 0.29) is 35.4 Å². The minimum atomic E-state index is -0.244. The maximum atomic E-state index is 13.4. The van der Waals surface area contributed by atoms with E-state index in [1.54, 1.807) is 32.4 Å².